The van der Waals surface area contributed by atoms with Crippen LogP contribution < -0.4 is 10.1 Å². The van der Waals surface area contributed by atoms with Gasteiger partial charge in [0.1, 0.15) is 18.5 Å². The molecule has 0 aliphatic rings. The lowest BCUT2D eigenvalue weighted by atomic mass is 10.2. The maximum absolute atomic E-state index is 12.7. The number of benzene rings is 2. The van der Waals surface area contributed by atoms with Crippen molar-refractivity contribution in [2.24, 2.45) is 0 Å². The van der Waals surface area contributed by atoms with Crippen molar-refractivity contribution in [2.75, 3.05) is 13.2 Å². The Morgan fingerprint density at radius 2 is 1.97 bits per heavy atom. The summed E-state index contributed by atoms with van der Waals surface area (Å²) in [5.74, 6) is 0.255. The van der Waals surface area contributed by atoms with Crippen molar-refractivity contribution in [3.8, 4) is 17.1 Å². The summed E-state index contributed by atoms with van der Waals surface area (Å²) < 4.78 is 48.4. The van der Waals surface area contributed by atoms with Crippen LogP contribution in [0.2, 0.25) is 5.02 Å². The minimum absolute atomic E-state index is 0.0295. The molecule has 1 aromatic heterocycles. The number of ether oxygens (including phenoxy) is 1. The number of nitrogens with zero attached hydrogens (tertiary/aromatic N) is 2. The fourth-order valence-corrected chi connectivity index (χ4v) is 2.75. The number of hydrogen-bond acceptors (Lipinski definition) is 6. The summed E-state index contributed by atoms with van der Waals surface area (Å²) in [7, 11) is 0. The summed E-state index contributed by atoms with van der Waals surface area (Å²) in [5.41, 5.74) is -0.129. The lowest BCUT2D eigenvalue weighted by Crippen LogP contribution is -2.35. The van der Waals surface area contributed by atoms with Gasteiger partial charge >= 0.3 is 6.18 Å². The highest BCUT2D eigenvalue weighted by atomic mass is 35.5. The monoisotopic (exact) mass is 469 g/mol. The summed E-state index contributed by atoms with van der Waals surface area (Å²) in [4.78, 5) is 16.2. The molecule has 11 heteroatoms. The number of aryl methyl sites for hydroxylation is 1. The van der Waals surface area contributed by atoms with Crippen LogP contribution in [0, 0.1) is 0 Å². The number of alkyl halides is 3. The predicted octanol–water partition coefficient (Wildman–Crippen LogP) is 3.90. The smallest absolute Gasteiger partial charge is 0.416 e. The van der Waals surface area contributed by atoms with Crippen LogP contribution in [0.15, 0.2) is 53.1 Å². The third-order valence-corrected chi connectivity index (χ3v) is 4.53. The molecular formula is C21H19ClF3N3O4. The maximum Gasteiger partial charge on any atom is 0.416 e. The second kappa shape index (κ2) is 10.5. The van der Waals surface area contributed by atoms with E-state index in [4.69, 9.17) is 20.9 Å². The molecule has 0 aliphatic heterocycles. The number of rotatable bonds is 9. The first-order valence-corrected chi connectivity index (χ1v) is 9.92. The molecule has 0 spiro atoms. The minimum Gasteiger partial charge on any atom is -0.491 e. The Hall–Kier alpha value is -3.11. The van der Waals surface area contributed by atoms with E-state index in [1.54, 1.807) is 24.3 Å². The van der Waals surface area contributed by atoms with Gasteiger partial charge in [0.2, 0.25) is 17.6 Å². The maximum atomic E-state index is 12.7. The zero-order chi connectivity index (χ0) is 23.1. The lowest BCUT2D eigenvalue weighted by Gasteiger charge is -2.14. The Labute approximate surface area is 186 Å². The highest BCUT2D eigenvalue weighted by molar-refractivity contribution is 6.30. The molecule has 2 aromatic carbocycles. The van der Waals surface area contributed by atoms with Gasteiger partial charge in [-0.3, -0.25) is 4.79 Å². The third-order valence-electron chi connectivity index (χ3n) is 4.28. The van der Waals surface area contributed by atoms with Gasteiger partial charge in [-0.1, -0.05) is 22.8 Å². The molecule has 0 fully saturated rings. The summed E-state index contributed by atoms with van der Waals surface area (Å²) in [6.07, 6.45) is -5.35. The molecule has 0 aliphatic carbocycles. The number of aliphatic hydroxyl groups is 1. The summed E-state index contributed by atoms with van der Waals surface area (Å²) in [6, 6.07) is 11.2. The van der Waals surface area contributed by atoms with Crippen LogP contribution in [-0.2, 0) is 17.4 Å². The van der Waals surface area contributed by atoms with Crippen molar-refractivity contribution in [1.29, 1.82) is 0 Å². The van der Waals surface area contributed by atoms with Crippen LogP contribution in [0.5, 0.6) is 5.75 Å². The number of aliphatic hydroxyl groups excluding tert-OH is 1. The first-order valence-electron chi connectivity index (χ1n) is 9.54. The number of carbonyl (C=O) groups excluding carboxylic acids is 1. The molecule has 0 radical (unpaired) electrons. The molecule has 0 saturated carbocycles. The first-order chi connectivity index (χ1) is 15.2. The van der Waals surface area contributed by atoms with Gasteiger partial charge in [-0.05, 0) is 42.5 Å². The van der Waals surface area contributed by atoms with Crippen molar-refractivity contribution in [3.63, 3.8) is 0 Å². The van der Waals surface area contributed by atoms with Crippen LogP contribution in [0.1, 0.15) is 17.9 Å². The van der Waals surface area contributed by atoms with Crippen LogP contribution in [0.25, 0.3) is 11.4 Å². The zero-order valence-electron chi connectivity index (χ0n) is 16.6. The molecule has 170 valence electrons. The van der Waals surface area contributed by atoms with Gasteiger partial charge in [0.05, 0.1) is 5.56 Å². The summed E-state index contributed by atoms with van der Waals surface area (Å²) in [5, 5.41) is 16.9. The largest absolute Gasteiger partial charge is 0.491 e. The van der Waals surface area contributed by atoms with E-state index in [2.05, 4.69) is 15.5 Å². The second-order valence-corrected chi connectivity index (χ2v) is 7.25. The van der Waals surface area contributed by atoms with Crippen LogP contribution in [0.4, 0.5) is 13.2 Å². The van der Waals surface area contributed by atoms with Gasteiger partial charge in [-0.15, -0.1) is 0 Å². The molecule has 1 atom stereocenters. The van der Waals surface area contributed by atoms with E-state index in [0.717, 1.165) is 17.7 Å². The Morgan fingerprint density at radius 3 is 2.69 bits per heavy atom. The molecule has 0 bridgehead atoms. The number of nitrogens with one attached hydrogen (secondary N) is 1. The summed E-state index contributed by atoms with van der Waals surface area (Å²) >= 11 is 5.84. The molecule has 2 N–H and O–H groups in total. The first kappa shape index (κ1) is 23.6. The minimum atomic E-state index is -4.49. The number of aromatic nitrogens is 2. The van der Waals surface area contributed by atoms with Gasteiger partial charge in [-0.2, -0.15) is 18.2 Å². The molecule has 3 aromatic rings. The zero-order valence-corrected chi connectivity index (χ0v) is 17.4. The van der Waals surface area contributed by atoms with Gasteiger partial charge in [0.25, 0.3) is 0 Å². The molecule has 1 heterocycles. The van der Waals surface area contributed by atoms with E-state index in [1.807, 2.05) is 0 Å². The van der Waals surface area contributed by atoms with E-state index in [-0.39, 0.29) is 43.5 Å². The van der Waals surface area contributed by atoms with E-state index >= 15 is 0 Å². The van der Waals surface area contributed by atoms with Gasteiger partial charge in [0.15, 0.2) is 0 Å². The number of hydrogen-bond donors (Lipinski definition) is 2. The highest BCUT2D eigenvalue weighted by Gasteiger charge is 2.30. The van der Waals surface area contributed by atoms with Crippen molar-refractivity contribution < 1.29 is 32.3 Å². The lowest BCUT2D eigenvalue weighted by molar-refractivity contribution is -0.137. The molecule has 0 saturated heterocycles. The fraction of sp³-hybridized carbons (Fsp3) is 0.286. The Kier molecular flexibility index (Phi) is 7.70. The van der Waals surface area contributed by atoms with Crippen LogP contribution in [-0.4, -0.2) is 40.4 Å². The number of amides is 1. The molecule has 1 amide bonds. The summed E-state index contributed by atoms with van der Waals surface area (Å²) in [6.45, 7) is -0.409. The Morgan fingerprint density at radius 1 is 1.22 bits per heavy atom. The van der Waals surface area contributed by atoms with Crippen molar-refractivity contribution in [1.82, 2.24) is 15.5 Å². The predicted molar refractivity (Wildman–Crippen MR) is 109 cm³/mol. The number of carbonyl (C=O) groups is 1. The Bertz CT molecular complexity index is 1040. The Balaban J connectivity index is 1.39. The van der Waals surface area contributed by atoms with Crippen molar-refractivity contribution in [3.05, 3.63) is 65.0 Å². The standard InChI is InChI=1S/C21H19ClF3N3O4/c22-15-6-4-13(5-7-15)20-27-19(32-28-20)9-8-18(30)26-11-16(29)12-31-17-3-1-2-14(10-17)21(23,24)25/h1-7,10,16,29H,8-9,11-12H2,(H,26,30). The fourth-order valence-electron chi connectivity index (χ4n) is 2.63. The molecule has 32 heavy (non-hydrogen) atoms. The van der Waals surface area contributed by atoms with E-state index < -0.39 is 17.8 Å². The average molecular weight is 470 g/mol. The normalized spacial score (nSPS) is 12.4. The molecule has 1 unspecified atom stereocenters. The second-order valence-electron chi connectivity index (χ2n) is 6.81. The van der Waals surface area contributed by atoms with E-state index in [0.29, 0.717) is 10.8 Å². The highest BCUT2D eigenvalue weighted by Crippen LogP contribution is 2.31. The molecule has 7 nitrogen and oxygen atoms in total. The van der Waals surface area contributed by atoms with Crippen LogP contribution >= 0.6 is 11.6 Å². The SMILES string of the molecule is O=C(CCc1nc(-c2ccc(Cl)cc2)no1)NCC(O)COc1cccc(C(F)(F)F)c1. The van der Waals surface area contributed by atoms with Crippen molar-refractivity contribution >= 4 is 17.5 Å². The van der Waals surface area contributed by atoms with Crippen molar-refractivity contribution in [2.45, 2.75) is 25.1 Å². The molecular weight excluding hydrogens is 451 g/mol. The molecule has 3 rings (SSSR count). The van der Waals surface area contributed by atoms with Gasteiger partial charge in [0, 0.05) is 30.0 Å². The third kappa shape index (κ3) is 6.96. The topological polar surface area (TPSA) is 97.5 Å². The van der Waals surface area contributed by atoms with E-state index in [9.17, 15) is 23.1 Å². The number of halogens is 4. The average Bonchev–Trinajstić information content (AvgIpc) is 3.24. The van der Waals surface area contributed by atoms with Gasteiger partial charge in [-0.25, -0.2) is 0 Å². The van der Waals surface area contributed by atoms with E-state index in [1.165, 1.54) is 12.1 Å². The quantitative estimate of drug-likeness (QED) is 0.493. The van der Waals surface area contributed by atoms with Crippen LogP contribution in [0.3, 0.4) is 0 Å². The van der Waals surface area contributed by atoms with Gasteiger partial charge < -0.3 is 19.7 Å².